The van der Waals surface area contributed by atoms with E-state index < -0.39 is 0 Å². The molecule has 1 amide bonds. The topological polar surface area (TPSA) is 64.7 Å². The van der Waals surface area contributed by atoms with E-state index in [1.807, 2.05) is 71.7 Å². The molecule has 3 aromatic heterocycles. The largest absolute Gasteiger partial charge is 0.308 e. The van der Waals surface area contributed by atoms with Crippen LogP contribution in [0.5, 0.6) is 0 Å². The molecular formula is C18H15N5OS. The number of hydrogen-bond donors (Lipinski definition) is 1. The van der Waals surface area contributed by atoms with E-state index in [0.29, 0.717) is 16.5 Å². The van der Waals surface area contributed by atoms with E-state index in [2.05, 4.69) is 15.4 Å². The summed E-state index contributed by atoms with van der Waals surface area (Å²) in [6.07, 6.45) is 5.36. The van der Waals surface area contributed by atoms with Crippen LogP contribution in [0.4, 0.5) is 5.13 Å². The summed E-state index contributed by atoms with van der Waals surface area (Å²) in [4.78, 5) is 17.1. The second-order valence-corrected chi connectivity index (χ2v) is 6.33. The normalized spacial score (nSPS) is 10.8. The average molecular weight is 349 g/mol. The molecule has 0 spiro atoms. The molecule has 0 aliphatic carbocycles. The van der Waals surface area contributed by atoms with Gasteiger partial charge in [0.2, 0.25) is 0 Å². The third-order valence-electron chi connectivity index (χ3n) is 3.68. The summed E-state index contributed by atoms with van der Waals surface area (Å²) in [6.45, 7) is 1.89. The van der Waals surface area contributed by atoms with Gasteiger partial charge in [0, 0.05) is 17.8 Å². The summed E-state index contributed by atoms with van der Waals surface area (Å²) in [5.41, 5.74) is 2.24. The predicted octanol–water partition coefficient (Wildman–Crippen LogP) is 3.68. The second-order valence-electron chi connectivity index (χ2n) is 5.47. The van der Waals surface area contributed by atoms with Crippen LogP contribution in [0.3, 0.4) is 0 Å². The van der Waals surface area contributed by atoms with E-state index in [1.165, 1.54) is 11.3 Å². The predicted molar refractivity (Wildman–Crippen MR) is 97.7 cm³/mol. The molecule has 1 aromatic carbocycles. The molecule has 0 saturated carbocycles. The number of anilines is 1. The number of aryl methyl sites for hydroxylation is 1. The minimum Gasteiger partial charge on any atom is -0.308 e. The Morgan fingerprint density at radius 2 is 1.88 bits per heavy atom. The second kappa shape index (κ2) is 6.37. The van der Waals surface area contributed by atoms with Crippen molar-refractivity contribution >= 4 is 22.4 Å². The third kappa shape index (κ3) is 2.97. The molecule has 0 saturated heterocycles. The van der Waals surface area contributed by atoms with Crippen LogP contribution in [0.1, 0.15) is 16.1 Å². The van der Waals surface area contributed by atoms with Crippen LogP contribution < -0.4 is 5.32 Å². The lowest BCUT2D eigenvalue weighted by molar-refractivity contribution is 0.102. The highest BCUT2D eigenvalue weighted by atomic mass is 32.1. The first-order chi connectivity index (χ1) is 12.2. The molecule has 0 radical (unpaired) electrons. The SMILES string of the molecule is Cc1csc(NC(=O)c2cnn(-c3ccccc3)c2-n2cccc2)n1. The van der Waals surface area contributed by atoms with Crippen LogP contribution in [0.25, 0.3) is 11.5 Å². The summed E-state index contributed by atoms with van der Waals surface area (Å²) in [5, 5.41) is 9.75. The lowest BCUT2D eigenvalue weighted by Crippen LogP contribution is -2.15. The molecule has 0 unspecified atom stereocenters. The van der Waals surface area contributed by atoms with Crippen LogP contribution >= 0.6 is 11.3 Å². The van der Waals surface area contributed by atoms with Gasteiger partial charge in [-0.25, -0.2) is 9.67 Å². The standard InChI is InChI=1S/C18H15N5OS/c1-13-12-25-18(20-13)21-16(24)15-11-19-23(14-7-3-2-4-8-14)17(15)22-9-5-6-10-22/h2-12H,1H3,(H,20,21,24). The number of nitrogens with zero attached hydrogens (tertiary/aromatic N) is 4. The quantitative estimate of drug-likeness (QED) is 0.611. The van der Waals surface area contributed by atoms with Crippen LogP contribution in [0.15, 0.2) is 66.4 Å². The summed E-state index contributed by atoms with van der Waals surface area (Å²) >= 11 is 1.40. The highest BCUT2D eigenvalue weighted by Gasteiger charge is 2.20. The average Bonchev–Trinajstić information content (AvgIpc) is 3.35. The lowest BCUT2D eigenvalue weighted by Gasteiger charge is -2.10. The number of carbonyl (C=O) groups is 1. The molecule has 0 atom stereocenters. The van der Waals surface area contributed by atoms with Crippen molar-refractivity contribution in [1.82, 2.24) is 19.3 Å². The van der Waals surface area contributed by atoms with Gasteiger partial charge < -0.3 is 4.57 Å². The molecule has 4 aromatic rings. The fraction of sp³-hybridized carbons (Fsp3) is 0.0556. The van der Waals surface area contributed by atoms with Gasteiger partial charge in [-0.15, -0.1) is 11.3 Å². The zero-order chi connectivity index (χ0) is 17.2. The number of para-hydroxylation sites is 1. The Balaban J connectivity index is 1.78. The Hall–Kier alpha value is -3.19. The number of carbonyl (C=O) groups excluding carboxylic acids is 1. The van der Waals surface area contributed by atoms with Crippen LogP contribution in [-0.2, 0) is 0 Å². The van der Waals surface area contributed by atoms with Gasteiger partial charge in [-0.2, -0.15) is 5.10 Å². The maximum absolute atomic E-state index is 12.8. The number of benzene rings is 1. The first-order valence-corrected chi connectivity index (χ1v) is 8.60. The molecule has 0 aliphatic heterocycles. The molecule has 1 N–H and O–H groups in total. The van der Waals surface area contributed by atoms with Crippen LogP contribution in [-0.4, -0.2) is 25.2 Å². The molecule has 124 valence electrons. The summed E-state index contributed by atoms with van der Waals surface area (Å²) in [5.74, 6) is 0.446. The van der Waals surface area contributed by atoms with Crippen molar-refractivity contribution < 1.29 is 4.79 Å². The summed E-state index contributed by atoms with van der Waals surface area (Å²) in [6, 6.07) is 13.5. The molecule has 0 bridgehead atoms. The zero-order valence-corrected chi connectivity index (χ0v) is 14.3. The number of aromatic nitrogens is 4. The van der Waals surface area contributed by atoms with Crippen molar-refractivity contribution in [3.8, 4) is 11.5 Å². The van der Waals surface area contributed by atoms with E-state index in [0.717, 1.165) is 11.4 Å². The van der Waals surface area contributed by atoms with Gasteiger partial charge in [-0.05, 0) is 31.2 Å². The number of nitrogens with one attached hydrogen (secondary N) is 1. The maximum Gasteiger partial charge on any atom is 0.262 e. The van der Waals surface area contributed by atoms with Gasteiger partial charge in [-0.1, -0.05) is 18.2 Å². The van der Waals surface area contributed by atoms with E-state index in [4.69, 9.17) is 0 Å². The van der Waals surface area contributed by atoms with Crippen molar-refractivity contribution in [2.75, 3.05) is 5.32 Å². The number of amides is 1. The molecule has 6 nitrogen and oxygen atoms in total. The van der Waals surface area contributed by atoms with Gasteiger partial charge in [-0.3, -0.25) is 10.1 Å². The Kier molecular flexibility index (Phi) is 3.91. The molecule has 25 heavy (non-hydrogen) atoms. The molecule has 3 heterocycles. The molecular weight excluding hydrogens is 334 g/mol. The van der Waals surface area contributed by atoms with Crippen molar-refractivity contribution in [1.29, 1.82) is 0 Å². The van der Waals surface area contributed by atoms with Crippen molar-refractivity contribution in [3.05, 3.63) is 77.7 Å². The summed E-state index contributed by atoms with van der Waals surface area (Å²) in [7, 11) is 0. The molecule has 4 rings (SSSR count). The van der Waals surface area contributed by atoms with Crippen LogP contribution in [0, 0.1) is 6.92 Å². The van der Waals surface area contributed by atoms with Gasteiger partial charge in [0.1, 0.15) is 5.56 Å². The number of thiazole rings is 1. The number of rotatable bonds is 4. The number of hydrogen-bond acceptors (Lipinski definition) is 4. The van der Waals surface area contributed by atoms with Crippen molar-refractivity contribution in [3.63, 3.8) is 0 Å². The first kappa shape index (κ1) is 15.3. The summed E-state index contributed by atoms with van der Waals surface area (Å²) < 4.78 is 3.63. The monoisotopic (exact) mass is 349 g/mol. The van der Waals surface area contributed by atoms with E-state index in [9.17, 15) is 4.79 Å². The van der Waals surface area contributed by atoms with Crippen LogP contribution in [0.2, 0.25) is 0 Å². The minimum atomic E-state index is -0.236. The maximum atomic E-state index is 12.8. The van der Waals surface area contributed by atoms with Gasteiger partial charge in [0.15, 0.2) is 10.9 Å². The fourth-order valence-corrected chi connectivity index (χ4v) is 3.24. The van der Waals surface area contributed by atoms with Gasteiger partial charge in [0.05, 0.1) is 17.6 Å². The third-order valence-corrected chi connectivity index (χ3v) is 4.55. The Bertz CT molecular complexity index is 1000. The molecule has 0 aliphatic rings. The first-order valence-electron chi connectivity index (χ1n) is 7.72. The van der Waals surface area contributed by atoms with Crippen molar-refractivity contribution in [2.45, 2.75) is 6.92 Å². The van der Waals surface area contributed by atoms with Gasteiger partial charge >= 0.3 is 0 Å². The van der Waals surface area contributed by atoms with E-state index in [-0.39, 0.29) is 5.91 Å². The highest BCUT2D eigenvalue weighted by Crippen LogP contribution is 2.22. The highest BCUT2D eigenvalue weighted by molar-refractivity contribution is 7.13. The van der Waals surface area contributed by atoms with Gasteiger partial charge in [0.25, 0.3) is 5.91 Å². The fourth-order valence-electron chi connectivity index (χ4n) is 2.56. The smallest absolute Gasteiger partial charge is 0.262 e. The van der Waals surface area contributed by atoms with E-state index in [1.54, 1.807) is 10.9 Å². The molecule has 0 fully saturated rings. The zero-order valence-electron chi connectivity index (χ0n) is 13.5. The molecule has 7 heteroatoms. The van der Waals surface area contributed by atoms with E-state index >= 15 is 0 Å². The minimum absolute atomic E-state index is 0.236. The van der Waals surface area contributed by atoms with Crippen molar-refractivity contribution in [2.24, 2.45) is 0 Å². The lowest BCUT2D eigenvalue weighted by atomic mass is 10.3. The Morgan fingerprint density at radius 3 is 2.56 bits per heavy atom. The Labute approximate surface area is 148 Å². The Morgan fingerprint density at radius 1 is 1.12 bits per heavy atom.